The van der Waals surface area contributed by atoms with Gasteiger partial charge in [0.2, 0.25) is 11.8 Å². The van der Waals surface area contributed by atoms with Gasteiger partial charge in [-0.2, -0.15) is 0 Å². The Morgan fingerprint density at radius 1 is 1.17 bits per heavy atom. The SMILES string of the molecule is CC(C)CN1CC(C(=O)N[C@@H](c2ccccc2)c2nc3ccccc3[nH]2)CC1=O. The third-order valence-corrected chi connectivity index (χ3v) is 5.27. The van der Waals surface area contributed by atoms with E-state index in [4.69, 9.17) is 4.98 Å². The Labute approximate surface area is 170 Å². The van der Waals surface area contributed by atoms with Gasteiger partial charge in [0.1, 0.15) is 11.9 Å². The van der Waals surface area contributed by atoms with Crippen molar-refractivity contribution in [3.05, 3.63) is 66.0 Å². The topological polar surface area (TPSA) is 78.1 Å². The minimum absolute atomic E-state index is 0.0545. The Bertz CT molecular complexity index is 979. The number of fused-ring (bicyclic) bond motifs is 1. The van der Waals surface area contributed by atoms with Crippen molar-refractivity contribution in [2.45, 2.75) is 26.3 Å². The molecule has 29 heavy (non-hydrogen) atoms. The Kier molecular flexibility index (Phi) is 5.34. The molecule has 0 saturated carbocycles. The number of hydrogen-bond donors (Lipinski definition) is 2. The highest BCUT2D eigenvalue weighted by atomic mass is 16.2. The van der Waals surface area contributed by atoms with Crippen LogP contribution in [-0.2, 0) is 9.59 Å². The number of carbonyl (C=O) groups is 2. The first-order valence-corrected chi connectivity index (χ1v) is 10.1. The number of likely N-dealkylation sites (tertiary alicyclic amines) is 1. The normalized spacial score (nSPS) is 17.8. The third-order valence-electron chi connectivity index (χ3n) is 5.27. The lowest BCUT2D eigenvalue weighted by Gasteiger charge is -2.21. The van der Waals surface area contributed by atoms with E-state index in [2.05, 4.69) is 24.1 Å². The molecule has 2 N–H and O–H groups in total. The first-order chi connectivity index (χ1) is 14.0. The minimum atomic E-state index is -0.398. The number of imidazole rings is 1. The van der Waals surface area contributed by atoms with E-state index in [1.54, 1.807) is 4.90 Å². The molecule has 0 spiro atoms. The van der Waals surface area contributed by atoms with E-state index in [0.717, 1.165) is 16.6 Å². The van der Waals surface area contributed by atoms with Gasteiger partial charge in [0.25, 0.3) is 0 Å². The summed E-state index contributed by atoms with van der Waals surface area (Å²) in [6.45, 7) is 5.32. The van der Waals surface area contributed by atoms with E-state index in [1.165, 1.54) is 0 Å². The van der Waals surface area contributed by atoms with Gasteiger partial charge in [0.05, 0.1) is 17.0 Å². The van der Waals surface area contributed by atoms with E-state index >= 15 is 0 Å². The van der Waals surface area contributed by atoms with E-state index in [9.17, 15) is 9.59 Å². The molecule has 0 bridgehead atoms. The Morgan fingerprint density at radius 2 is 1.90 bits per heavy atom. The molecular formula is C23H26N4O2. The molecule has 2 aromatic carbocycles. The van der Waals surface area contributed by atoms with Crippen LogP contribution in [0.2, 0.25) is 0 Å². The van der Waals surface area contributed by atoms with Crippen LogP contribution in [0.4, 0.5) is 0 Å². The van der Waals surface area contributed by atoms with Gasteiger partial charge in [-0.1, -0.05) is 56.3 Å². The van der Waals surface area contributed by atoms with Gasteiger partial charge in [0.15, 0.2) is 0 Å². The summed E-state index contributed by atoms with van der Waals surface area (Å²) < 4.78 is 0. The number of H-pyrrole nitrogens is 1. The van der Waals surface area contributed by atoms with Crippen LogP contribution in [0, 0.1) is 11.8 Å². The number of rotatable bonds is 6. The third kappa shape index (κ3) is 4.16. The predicted molar refractivity (Wildman–Crippen MR) is 112 cm³/mol. The first kappa shape index (κ1) is 19.2. The lowest BCUT2D eigenvalue weighted by atomic mass is 10.0. The van der Waals surface area contributed by atoms with Gasteiger partial charge in [-0.15, -0.1) is 0 Å². The molecule has 6 heteroatoms. The van der Waals surface area contributed by atoms with Crippen molar-refractivity contribution < 1.29 is 9.59 Å². The number of hydrogen-bond acceptors (Lipinski definition) is 3. The van der Waals surface area contributed by atoms with Gasteiger partial charge >= 0.3 is 0 Å². The van der Waals surface area contributed by atoms with Crippen LogP contribution in [0.1, 0.15) is 37.7 Å². The van der Waals surface area contributed by atoms with Crippen LogP contribution in [0.5, 0.6) is 0 Å². The van der Waals surface area contributed by atoms with E-state index in [0.29, 0.717) is 24.8 Å². The molecule has 150 valence electrons. The average Bonchev–Trinajstić information content (AvgIpc) is 3.30. The molecule has 2 amide bonds. The number of nitrogens with one attached hydrogen (secondary N) is 2. The van der Waals surface area contributed by atoms with Crippen LogP contribution in [0.3, 0.4) is 0 Å². The zero-order valence-electron chi connectivity index (χ0n) is 16.8. The maximum Gasteiger partial charge on any atom is 0.226 e. The van der Waals surface area contributed by atoms with E-state index in [-0.39, 0.29) is 24.2 Å². The fourth-order valence-corrected chi connectivity index (χ4v) is 3.89. The summed E-state index contributed by atoms with van der Waals surface area (Å²) in [6.07, 6.45) is 0.264. The summed E-state index contributed by atoms with van der Waals surface area (Å²) in [5.74, 6) is 0.678. The Balaban J connectivity index is 1.58. The number of carbonyl (C=O) groups excluding carboxylic acids is 2. The number of benzene rings is 2. The van der Waals surface area contributed by atoms with Gasteiger partial charge in [-0.3, -0.25) is 9.59 Å². The molecule has 2 atom stereocenters. The number of aromatic amines is 1. The van der Waals surface area contributed by atoms with Crippen molar-refractivity contribution in [1.82, 2.24) is 20.2 Å². The average molecular weight is 390 g/mol. The molecule has 1 fully saturated rings. The van der Waals surface area contributed by atoms with Crippen LogP contribution >= 0.6 is 0 Å². The monoisotopic (exact) mass is 390 g/mol. The number of para-hydroxylation sites is 2. The number of amides is 2. The molecule has 1 unspecified atom stereocenters. The van der Waals surface area contributed by atoms with Crippen molar-refractivity contribution in [1.29, 1.82) is 0 Å². The van der Waals surface area contributed by atoms with Gasteiger partial charge in [-0.05, 0) is 23.6 Å². The van der Waals surface area contributed by atoms with Gasteiger partial charge < -0.3 is 15.2 Å². The lowest BCUT2D eigenvalue weighted by molar-refractivity contribution is -0.129. The molecule has 2 heterocycles. The van der Waals surface area contributed by atoms with Crippen LogP contribution in [-0.4, -0.2) is 39.8 Å². The smallest absolute Gasteiger partial charge is 0.226 e. The highest BCUT2D eigenvalue weighted by Crippen LogP contribution is 2.25. The summed E-state index contributed by atoms with van der Waals surface area (Å²) >= 11 is 0. The Morgan fingerprint density at radius 3 is 2.62 bits per heavy atom. The highest BCUT2D eigenvalue weighted by Gasteiger charge is 2.35. The van der Waals surface area contributed by atoms with Gasteiger partial charge in [-0.25, -0.2) is 4.98 Å². The molecule has 1 aliphatic rings. The van der Waals surface area contributed by atoms with Crippen molar-refractivity contribution in [2.75, 3.05) is 13.1 Å². The second-order valence-corrected chi connectivity index (χ2v) is 8.09. The van der Waals surface area contributed by atoms with Crippen molar-refractivity contribution in [3.8, 4) is 0 Å². The standard InChI is InChI=1S/C23H26N4O2/c1-15(2)13-27-14-17(12-20(27)28)23(29)26-21(16-8-4-3-5-9-16)22-24-18-10-6-7-11-19(18)25-22/h3-11,15,17,21H,12-14H2,1-2H3,(H,24,25)(H,26,29)/t17?,21-/m0/s1. The van der Waals surface area contributed by atoms with Crippen LogP contribution in [0.25, 0.3) is 11.0 Å². The first-order valence-electron chi connectivity index (χ1n) is 10.1. The fraction of sp³-hybridized carbons (Fsp3) is 0.348. The Hall–Kier alpha value is -3.15. The number of nitrogens with zero attached hydrogens (tertiary/aromatic N) is 2. The summed E-state index contributed by atoms with van der Waals surface area (Å²) in [6, 6.07) is 17.2. The maximum absolute atomic E-state index is 13.1. The fourth-order valence-electron chi connectivity index (χ4n) is 3.89. The molecular weight excluding hydrogens is 364 g/mol. The molecule has 1 aliphatic heterocycles. The lowest BCUT2D eigenvalue weighted by Crippen LogP contribution is -2.37. The van der Waals surface area contributed by atoms with Crippen molar-refractivity contribution in [3.63, 3.8) is 0 Å². The molecule has 0 aliphatic carbocycles. The second kappa shape index (κ2) is 8.07. The van der Waals surface area contributed by atoms with Gasteiger partial charge in [0, 0.05) is 19.5 Å². The summed E-state index contributed by atoms with van der Waals surface area (Å²) in [5.41, 5.74) is 2.73. The number of aromatic nitrogens is 2. The van der Waals surface area contributed by atoms with Crippen molar-refractivity contribution in [2.24, 2.45) is 11.8 Å². The molecule has 0 radical (unpaired) electrons. The second-order valence-electron chi connectivity index (χ2n) is 8.09. The predicted octanol–water partition coefficient (Wildman–Crippen LogP) is 3.27. The van der Waals surface area contributed by atoms with Crippen molar-refractivity contribution >= 4 is 22.8 Å². The molecule has 1 aromatic heterocycles. The van der Waals surface area contributed by atoms with Crippen LogP contribution in [0.15, 0.2) is 54.6 Å². The summed E-state index contributed by atoms with van der Waals surface area (Å²) in [5, 5.41) is 3.14. The molecule has 6 nitrogen and oxygen atoms in total. The summed E-state index contributed by atoms with van der Waals surface area (Å²) in [7, 11) is 0. The minimum Gasteiger partial charge on any atom is -0.342 e. The highest BCUT2D eigenvalue weighted by molar-refractivity contribution is 5.89. The van der Waals surface area contributed by atoms with Crippen LogP contribution < -0.4 is 5.32 Å². The zero-order chi connectivity index (χ0) is 20.4. The maximum atomic E-state index is 13.1. The summed E-state index contributed by atoms with van der Waals surface area (Å²) in [4.78, 5) is 35.2. The van der Waals surface area contributed by atoms with E-state index in [1.807, 2.05) is 54.6 Å². The molecule has 4 rings (SSSR count). The molecule has 1 saturated heterocycles. The van der Waals surface area contributed by atoms with E-state index < -0.39 is 6.04 Å². The zero-order valence-corrected chi connectivity index (χ0v) is 16.8. The largest absolute Gasteiger partial charge is 0.342 e. The molecule has 3 aromatic rings. The quantitative estimate of drug-likeness (QED) is 0.678.